The molecule has 1 aromatic heterocycles. The van der Waals surface area contributed by atoms with Crippen molar-refractivity contribution in [2.75, 3.05) is 6.61 Å². The first kappa shape index (κ1) is 22.8. The van der Waals surface area contributed by atoms with Crippen molar-refractivity contribution in [1.29, 1.82) is 5.26 Å². The van der Waals surface area contributed by atoms with E-state index in [0.29, 0.717) is 17.2 Å². The molecule has 7 heteroatoms. The van der Waals surface area contributed by atoms with Crippen molar-refractivity contribution in [3.8, 4) is 17.7 Å². The molecule has 0 radical (unpaired) electrons. The maximum atomic E-state index is 13.2. The molecule has 0 aliphatic rings. The minimum Gasteiger partial charge on any atom is -0.494 e. The molecule has 0 saturated carbocycles. The van der Waals surface area contributed by atoms with E-state index in [-0.39, 0.29) is 29.8 Å². The van der Waals surface area contributed by atoms with Gasteiger partial charge < -0.3 is 9.84 Å². The van der Waals surface area contributed by atoms with E-state index in [1.165, 1.54) is 31.2 Å². The fourth-order valence-corrected chi connectivity index (χ4v) is 3.37. The molecular weight excluding hydrogens is 411 g/mol. The molecule has 2 aromatic carbocycles. The molecule has 1 N–H and O–H groups in total. The Labute approximate surface area is 185 Å². The Balaban J connectivity index is 1.92. The molecule has 32 heavy (non-hydrogen) atoms. The lowest BCUT2D eigenvalue weighted by Gasteiger charge is -2.16. The number of Topliss-reactive ketones (excluding diaryl/α,β-unsaturated/α-hetero) is 1. The summed E-state index contributed by atoms with van der Waals surface area (Å²) in [6, 6.07) is 14.5. The van der Waals surface area contributed by atoms with Gasteiger partial charge in [0.15, 0.2) is 6.61 Å². The highest BCUT2D eigenvalue weighted by Gasteiger charge is 2.24. The Hall–Kier alpha value is -3.92. The zero-order valence-corrected chi connectivity index (χ0v) is 18.1. The second-order valence-electron chi connectivity index (χ2n) is 7.76. The third-order valence-corrected chi connectivity index (χ3v) is 5.25. The summed E-state index contributed by atoms with van der Waals surface area (Å²) in [5.41, 5.74) is 0.624. The first-order chi connectivity index (χ1) is 15.2. The molecule has 0 atom stereocenters. The minimum absolute atomic E-state index is 0.0918. The predicted molar refractivity (Wildman–Crippen MR) is 118 cm³/mol. The topological polar surface area (TPSA) is 92.3 Å². The van der Waals surface area contributed by atoms with E-state index in [1.807, 2.05) is 18.2 Å². The third-order valence-electron chi connectivity index (χ3n) is 5.25. The van der Waals surface area contributed by atoms with Crippen molar-refractivity contribution in [2.45, 2.75) is 33.2 Å². The van der Waals surface area contributed by atoms with Crippen LogP contribution in [0.2, 0.25) is 0 Å². The van der Waals surface area contributed by atoms with Gasteiger partial charge in [0.05, 0.1) is 12.1 Å². The normalized spacial score (nSPS) is 10.8. The maximum Gasteiger partial charge on any atom is 0.271 e. The first-order valence-corrected chi connectivity index (χ1v) is 10.1. The Kier molecular flexibility index (Phi) is 6.74. The number of aromatic nitrogens is 1. The Morgan fingerprint density at radius 3 is 2.34 bits per heavy atom. The van der Waals surface area contributed by atoms with Crippen LogP contribution in [-0.2, 0) is 6.54 Å². The molecule has 0 aliphatic carbocycles. The quantitative estimate of drug-likeness (QED) is 0.560. The summed E-state index contributed by atoms with van der Waals surface area (Å²) in [5.74, 6) is -0.727. The van der Waals surface area contributed by atoms with Crippen LogP contribution >= 0.6 is 0 Å². The molecule has 164 valence electrons. The lowest BCUT2D eigenvalue weighted by atomic mass is 10.0. The van der Waals surface area contributed by atoms with Gasteiger partial charge in [0, 0.05) is 0 Å². The SMILES string of the molecule is Cc1c(C(=O)COc2ccc(C(C)C)cc2)c(O)n(Cc2ccc(F)cc2)c(=O)c1C#N. The Bertz CT molecular complexity index is 1240. The number of rotatable bonds is 7. The zero-order valence-electron chi connectivity index (χ0n) is 18.1. The van der Waals surface area contributed by atoms with Gasteiger partial charge in [-0.15, -0.1) is 0 Å². The highest BCUT2D eigenvalue weighted by atomic mass is 19.1. The molecule has 6 nitrogen and oxygen atoms in total. The van der Waals surface area contributed by atoms with Crippen molar-refractivity contribution >= 4 is 5.78 Å². The Morgan fingerprint density at radius 1 is 1.16 bits per heavy atom. The van der Waals surface area contributed by atoms with Crippen LogP contribution in [0.25, 0.3) is 0 Å². The van der Waals surface area contributed by atoms with Gasteiger partial charge in [-0.05, 0) is 53.8 Å². The van der Waals surface area contributed by atoms with E-state index in [0.717, 1.165) is 10.1 Å². The maximum absolute atomic E-state index is 13.2. The van der Waals surface area contributed by atoms with E-state index < -0.39 is 23.0 Å². The molecular formula is C25H23FN2O4. The smallest absolute Gasteiger partial charge is 0.271 e. The van der Waals surface area contributed by atoms with Crippen molar-refractivity contribution in [3.05, 3.63) is 92.5 Å². The summed E-state index contributed by atoms with van der Waals surface area (Å²) in [6.07, 6.45) is 0. The predicted octanol–water partition coefficient (Wildman–Crippen LogP) is 4.31. The monoisotopic (exact) mass is 434 g/mol. The largest absolute Gasteiger partial charge is 0.494 e. The number of aromatic hydroxyl groups is 1. The van der Waals surface area contributed by atoms with E-state index in [2.05, 4.69) is 13.8 Å². The average molecular weight is 434 g/mol. The molecule has 0 unspecified atom stereocenters. The van der Waals surface area contributed by atoms with Gasteiger partial charge >= 0.3 is 0 Å². The van der Waals surface area contributed by atoms with Crippen LogP contribution in [-0.4, -0.2) is 22.1 Å². The highest BCUT2D eigenvalue weighted by molar-refractivity contribution is 6.01. The molecule has 0 aliphatic heterocycles. The fourth-order valence-electron chi connectivity index (χ4n) is 3.37. The van der Waals surface area contributed by atoms with Gasteiger partial charge in [0.2, 0.25) is 11.7 Å². The van der Waals surface area contributed by atoms with E-state index >= 15 is 0 Å². The summed E-state index contributed by atoms with van der Waals surface area (Å²) >= 11 is 0. The number of ketones is 1. The number of nitriles is 1. The van der Waals surface area contributed by atoms with Crippen molar-refractivity contribution in [3.63, 3.8) is 0 Å². The molecule has 0 saturated heterocycles. The second-order valence-corrected chi connectivity index (χ2v) is 7.76. The van der Waals surface area contributed by atoms with Gasteiger partial charge in [-0.2, -0.15) is 5.26 Å². The molecule has 1 heterocycles. The van der Waals surface area contributed by atoms with E-state index in [9.17, 15) is 24.3 Å². The minimum atomic E-state index is -0.728. The van der Waals surface area contributed by atoms with Crippen LogP contribution in [0, 0.1) is 24.1 Å². The molecule has 0 amide bonds. The summed E-state index contributed by atoms with van der Waals surface area (Å²) in [4.78, 5) is 25.6. The third kappa shape index (κ3) is 4.70. The molecule has 0 fully saturated rings. The zero-order chi connectivity index (χ0) is 23.4. The van der Waals surface area contributed by atoms with Crippen LogP contribution in [0.15, 0.2) is 53.3 Å². The van der Waals surface area contributed by atoms with Gasteiger partial charge in [0.25, 0.3) is 5.56 Å². The van der Waals surface area contributed by atoms with Crippen molar-refractivity contribution in [1.82, 2.24) is 4.57 Å². The lowest BCUT2D eigenvalue weighted by Crippen LogP contribution is -2.28. The molecule has 3 aromatic rings. The Morgan fingerprint density at radius 2 is 1.78 bits per heavy atom. The van der Waals surface area contributed by atoms with Crippen LogP contribution in [0.4, 0.5) is 4.39 Å². The van der Waals surface area contributed by atoms with Crippen LogP contribution in [0.5, 0.6) is 11.6 Å². The van der Waals surface area contributed by atoms with E-state index in [4.69, 9.17) is 4.74 Å². The van der Waals surface area contributed by atoms with Gasteiger partial charge in [-0.25, -0.2) is 4.39 Å². The average Bonchev–Trinajstić information content (AvgIpc) is 2.77. The van der Waals surface area contributed by atoms with Crippen molar-refractivity contribution in [2.24, 2.45) is 0 Å². The van der Waals surface area contributed by atoms with Gasteiger partial charge in [-0.3, -0.25) is 14.2 Å². The van der Waals surface area contributed by atoms with E-state index in [1.54, 1.807) is 12.1 Å². The number of benzene rings is 2. The molecule has 0 spiro atoms. The number of carbonyl (C=O) groups excluding carboxylic acids is 1. The van der Waals surface area contributed by atoms with Crippen LogP contribution in [0.3, 0.4) is 0 Å². The standard InChI is InChI=1S/C25H23FN2O4/c1-15(2)18-6-10-20(11-7-18)32-14-22(29)23-16(3)21(12-27)24(30)28(25(23)31)13-17-4-8-19(26)9-5-17/h4-11,15,31H,13-14H2,1-3H3. The number of carbonyl (C=O) groups is 1. The summed E-state index contributed by atoms with van der Waals surface area (Å²) in [7, 11) is 0. The number of hydrogen-bond donors (Lipinski definition) is 1. The first-order valence-electron chi connectivity index (χ1n) is 10.1. The summed E-state index contributed by atoms with van der Waals surface area (Å²) < 4.78 is 19.7. The van der Waals surface area contributed by atoms with Crippen molar-refractivity contribution < 1.29 is 19.0 Å². The molecule has 3 rings (SSSR count). The van der Waals surface area contributed by atoms with Gasteiger partial charge in [0.1, 0.15) is 23.2 Å². The number of hydrogen-bond acceptors (Lipinski definition) is 5. The lowest BCUT2D eigenvalue weighted by molar-refractivity contribution is 0.0916. The molecule has 0 bridgehead atoms. The summed E-state index contributed by atoms with van der Waals surface area (Å²) in [5, 5.41) is 20.2. The second kappa shape index (κ2) is 9.48. The van der Waals surface area contributed by atoms with Gasteiger partial charge in [-0.1, -0.05) is 38.1 Å². The fraction of sp³-hybridized carbons (Fsp3) is 0.240. The number of pyridine rings is 1. The van der Waals surface area contributed by atoms with Crippen LogP contribution in [0.1, 0.15) is 52.4 Å². The highest BCUT2D eigenvalue weighted by Crippen LogP contribution is 2.24. The summed E-state index contributed by atoms with van der Waals surface area (Å²) in [6.45, 7) is 5.07. The number of halogens is 1. The van der Waals surface area contributed by atoms with Crippen LogP contribution < -0.4 is 10.3 Å². The number of ether oxygens (including phenoxy) is 1. The number of nitrogens with zero attached hydrogens (tertiary/aromatic N) is 2.